The van der Waals surface area contributed by atoms with Gasteiger partial charge >= 0.3 is 0 Å². The molecule has 0 unspecified atom stereocenters. The van der Waals surface area contributed by atoms with Gasteiger partial charge < -0.3 is 0 Å². The highest BCUT2D eigenvalue weighted by molar-refractivity contribution is 7.85. The molecule has 0 spiro atoms. The molecule has 0 amide bonds. The van der Waals surface area contributed by atoms with Crippen LogP contribution in [0.25, 0.3) is 0 Å². The second-order valence-corrected chi connectivity index (χ2v) is 8.32. The Morgan fingerprint density at radius 3 is 1.95 bits per heavy atom. The number of hydrogen-bond donors (Lipinski definition) is 0. The van der Waals surface area contributed by atoms with Crippen molar-refractivity contribution in [2.45, 2.75) is 51.4 Å². The number of allylic oxidation sites excluding steroid dienone is 1. The van der Waals surface area contributed by atoms with Crippen LogP contribution in [0.15, 0.2) is 12.7 Å². The molecule has 116 valence electrons. The van der Waals surface area contributed by atoms with Crippen LogP contribution in [0.3, 0.4) is 0 Å². The van der Waals surface area contributed by atoms with E-state index in [4.69, 9.17) is 4.18 Å². The second kappa shape index (κ2) is 7.08. The molecule has 0 aromatic heterocycles. The quantitative estimate of drug-likeness (QED) is 0.573. The number of rotatable bonds is 5. The van der Waals surface area contributed by atoms with Gasteiger partial charge in [0.25, 0.3) is 10.1 Å². The van der Waals surface area contributed by atoms with Gasteiger partial charge in [-0.15, -0.1) is 6.58 Å². The van der Waals surface area contributed by atoms with E-state index in [1.807, 2.05) is 0 Å². The summed E-state index contributed by atoms with van der Waals surface area (Å²) in [6.45, 7) is 4.29. The topological polar surface area (TPSA) is 43.4 Å². The zero-order valence-corrected chi connectivity index (χ0v) is 13.4. The fourth-order valence-electron chi connectivity index (χ4n) is 3.90. The first-order valence-electron chi connectivity index (χ1n) is 7.95. The summed E-state index contributed by atoms with van der Waals surface area (Å²) in [5.41, 5.74) is 0. The van der Waals surface area contributed by atoms with Crippen LogP contribution in [0.5, 0.6) is 0 Å². The molecule has 20 heavy (non-hydrogen) atoms. The highest BCUT2D eigenvalue weighted by Crippen LogP contribution is 2.41. The van der Waals surface area contributed by atoms with E-state index in [0.717, 1.165) is 36.9 Å². The third-order valence-electron chi connectivity index (χ3n) is 5.23. The minimum Gasteiger partial charge on any atom is -0.270 e. The van der Waals surface area contributed by atoms with E-state index >= 15 is 0 Å². The normalized spacial score (nSPS) is 35.6. The van der Waals surface area contributed by atoms with E-state index in [0.29, 0.717) is 12.5 Å². The predicted octanol–water partition coefficient (Wildman–Crippen LogP) is 3.76. The molecule has 0 aliphatic heterocycles. The van der Waals surface area contributed by atoms with Crippen LogP contribution in [0.1, 0.15) is 51.4 Å². The molecule has 2 rings (SSSR count). The molecule has 0 saturated heterocycles. The highest BCUT2D eigenvalue weighted by atomic mass is 32.2. The van der Waals surface area contributed by atoms with Gasteiger partial charge in [-0.25, -0.2) is 0 Å². The molecular weight excluding hydrogens is 272 g/mol. The zero-order chi connectivity index (χ0) is 14.6. The second-order valence-electron chi connectivity index (χ2n) is 6.68. The summed E-state index contributed by atoms with van der Waals surface area (Å²) in [6, 6.07) is 0. The van der Waals surface area contributed by atoms with Crippen LogP contribution in [-0.4, -0.2) is 21.3 Å². The minimum atomic E-state index is -3.28. The van der Waals surface area contributed by atoms with Gasteiger partial charge in [0.05, 0.1) is 12.9 Å². The van der Waals surface area contributed by atoms with Crippen molar-refractivity contribution in [3.05, 3.63) is 12.7 Å². The third-order valence-corrected chi connectivity index (χ3v) is 5.79. The number of hydrogen-bond acceptors (Lipinski definition) is 3. The van der Waals surface area contributed by atoms with Crippen LogP contribution in [0, 0.1) is 23.7 Å². The summed E-state index contributed by atoms with van der Waals surface area (Å²) in [5, 5.41) is 0. The van der Waals surface area contributed by atoms with Gasteiger partial charge in [0, 0.05) is 0 Å². The molecule has 3 nitrogen and oxygen atoms in total. The average molecular weight is 300 g/mol. The molecule has 4 heteroatoms. The van der Waals surface area contributed by atoms with E-state index in [2.05, 4.69) is 12.7 Å². The molecule has 0 aromatic rings. The van der Waals surface area contributed by atoms with Gasteiger partial charge in [-0.3, -0.25) is 4.18 Å². The van der Waals surface area contributed by atoms with Gasteiger partial charge in [-0.1, -0.05) is 6.08 Å². The Morgan fingerprint density at radius 1 is 1.00 bits per heavy atom. The molecule has 0 bridgehead atoms. The van der Waals surface area contributed by atoms with Gasteiger partial charge in [-0.05, 0) is 75.0 Å². The molecule has 2 aliphatic rings. The standard InChI is InChI=1S/C16H28O3S/c1-3-13-4-8-15(9-5-13)16-10-6-14(7-11-16)12-19-20(2,17)18/h3,13-16H,1,4-12H2,2H3/t13-,14?,15-,16?. The van der Waals surface area contributed by atoms with Crippen molar-refractivity contribution in [3.63, 3.8) is 0 Å². The van der Waals surface area contributed by atoms with Crippen molar-refractivity contribution in [1.82, 2.24) is 0 Å². The smallest absolute Gasteiger partial charge is 0.264 e. The van der Waals surface area contributed by atoms with Crippen LogP contribution >= 0.6 is 0 Å². The van der Waals surface area contributed by atoms with Crippen molar-refractivity contribution in [2.24, 2.45) is 23.7 Å². The first kappa shape index (κ1) is 16.0. The molecule has 0 aromatic carbocycles. The summed E-state index contributed by atoms with van der Waals surface area (Å²) < 4.78 is 27.0. The Balaban J connectivity index is 1.70. The largest absolute Gasteiger partial charge is 0.270 e. The maximum Gasteiger partial charge on any atom is 0.264 e. The Hall–Kier alpha value is -0.350. The van der Waals surface area contributed by atoms with Crippen molar-refractivity contribution >= 4 is 10.1 Å². The van der Waals surface area contributed by atoms with E-state index in [-0.39, 0.29) is 0 Å². The van der Waals surface area contributed by atoms with Crippen molar-refractivity contribution in [2.75, 3.05) is 12.9 Å². The summed E-state index contributed by atoms with van der Waals surface area (Å²) in [4.78, 5) is 0. The molecule has 0 atom stereocenters. The van der Waals surface area contributed by atoms with Crippen LogP contribution in [0.4, 0.5) is 0 Å². The predicted molar refractivity (Wildman–Crippen MR) is 81.9 cm³/mol. The third kappa shape index (κ3) is 4.88. The van der Waals surface area contributed by atoms with Gasteiger partial charge in [-0.2, -0.15) is 8.42 Å². The van der Waals surface area contributed by atoms with E-state index in [1.165, 1.54) is 38.5 Å². The Bertz CT molecular complexity index is 399. The lowest BCUT2D eigenvalue weighted by molar-refractivity contribution is 0.131. The van der Waals surface area contributed by atoms with Crippen LogP contribution in [0.2, 0.25) is 0 Å². The van der Waals surface area contributed by atoms with Gasteiger partial charge in [0.2, 0.25) is 0 Å². The molecule has 2 aliphatic carbocycles. The molecule has 0 N–H and O–H groups in total. The van der Waals surface area contributed by atoms with Gasteiger partial charge in [0.1, 0.15) is 0 Å². The van der Waals surface area contributed by atoms with E-state index in [9.17, 15) is 8.42 Å². The lowest BCUT2D eigenvalue weighted by atomic mass is 9.69. The maximum atomic E-state index is 11.0. The monoisotopic (exact) mass is 300 g/mol. The summed E-state index contributed by atoms with van der Waals surface area (Å²) >= 11 is 0. The zero-order valence-electron chi connectivity index (χ0n) is 12.6. The van der Waals surface area contributed by atoms with Crippen LogP contribution in [-0.2, 0) is 14.3 Å². The maximum absolute atomic E-state index is 11.0. The van der Waals surface area contributed by atoms with Crippen LogP contribution < -0.4 is 0 Å². The molecule has 2 saturated carbocycles. The molecular formula is C16H28O3S. The lowest BCUT2D eigenvalue weighted by Gasteiger charge is -2.37. The van der Waals surface area contributed by atoms with Crippen molar-refractivity contribution in [1.29, 1.82) is 0 Å². The fraction of sp³-hybridized carbons (Fsp3) is 0.875. The van der Waals surface area contributed by atoms with E-state index < -0.39 is 10.1 Å². The Kier molecular flexibility index (Phi) is 5.67. The highest BCUT2D eigenvalue weighted by Gasteiger charge is 2.30. The SMILES string of the molecule is C=C[C@H]1CC[C@H](C2CCC(COS(C)(=O)=O)CC2)CC1. The minimum absolute atomic E-state index is 0.384. The lowest BCUT2D eigenvalue weighted by Crippen LogP contribution is -2.27. The fourth-order valence-corrected chi connectivity index (χ4v) is 4.34. The summed E-state index contributed by atoms with van der Waals surface area (Å²) in [6.07, 6.45) is 13.3. The first-order valence-corrected chi connectivity index (χ1v) is 9.76. The molecule has 0 radical (unpaired) electrons. The van der Waals surface area contributed by atoms with Crippen molar-refractivity contribution in [3.8, 4) is 0 Å². The molecule has 2 fully saturated rings. The average Bonchev–Trinajstić information content (AvgIpc) is 2.45. The first-order chi connectivity index (χ1) is 9.48. The summed E-state index contributed by atoms with van der Waals surface area (Å²) in [7, 11) is -3.28. The van der Waals surface area contributed by atoms with Gasteiger partial charge in [0.15, 0.2) is 0 Å². The summed E-state index contributed by atoms with van der Waals surface area (Å²) in [5.74, 6) is 2.93. The Morgan fingerprint density at radius 2 is 1.50 bits per heavy atom. The van der Waals surface area contributed by atoms with Crippen molar-refractivity contribution < 1.29 is 12.6 Å². The van der Waals surface area contributed by atoms with E-state index in [1.54, 1.807) is 0 Å². The Labute approximate surface area is 123 Å². The molecule has 0 heterocycles.